The number of ether oxygens (including phenoxy) is 1. The summed E-state index contributed by atoms with van der Waals surface area (Å²) in [5.41, 5.74) is 0. The lowest BCUT2D eigenvalue weighted by atomic mass is 10.3. The van der Waals surface area contributed by atoms with E-state index in [1.807, 2.05) is 5.32 Å². The minimum Gasteiger partial charge on any atom is -0.489 e. The lowest BCUT2D eigenvalue weighted by molar-refractivity contribution is -0.666. The maximum Gasteiger partial charge on any atom is 0.139 e. The summed E-state index contributed by atoms with van der Waals surface area (Å²) >= 11 is 11.7. The maximum atomic E-state index is 9.67. The van der Waals surface area contributed by atoms with Crippen molar-refractivity contribution in [3.05, 3.63) is 28.2 Å². The molecule has 0 spiro atoms. The fraction of sp³-hybridized carbons (Fsp3) is 0.500. The van der Waals surface area contributed by atoms with Crippen LogP contribution in [0.1, 0.15) is 6.92 Å². The summed E-state index contributed by atoms with van der Waals surface area (Å²) in [4.78, 5) is 0. The molecule has 0 fully saturated rings. The van der Waals surface area contributed by atoms with Gasteiger partial charge in [0.15, 0.2) is 0 Å². The van der Waals surface area contributed by atoms with Crippen LogP contribution in [-0.2, 0) is 0 Å². The Kier molecular flexibility index (Phi) is 6.75. The molecule has 4 nitrogen and oxygen atoms in total. The van der Waals surface area contributed by atoms with Crippen molar-refractivity contribution in [2.75, 3.05) is 19.7 Å². The first-order chi connectivity index (χ1) is 8.49. The van der Waals surface area contributed by atoms with Crippen LogP contribution in [0.25, 0.3) is 0 Å². The number of halogens is 2. The van der Waals surface area contributed by atoms with Crippen molar-refractivity contribution in [2.24, 2.45) is 0 Å². The predicted molar refractivity (Wildman–Crippen MR) is 71.3 cm³/mol. The molecule has 6 heteroatoms. The first-order valence-corrected chi connectivity index (χ1v) is 6.50. The van der Waals surface area contributed by atoms with Crippen molar-refractivity contribution >= 4 is 23.2 Å². The van der Waals surface area contributed by atoms with Crippen LogP contribution in [0.3, 0.4) is 0 Å². The molecule has 0 bridgehead atoms. The molecule has 0 heterocycles. The molecule has 0 radical (unpaired) electrons. The molecule has 102 valence electrons. The summed E-state index contributed by atoms with van der Waals surface area (Å²) in [6.07, 6.45) is -1.01. The summed E-state index contributed by atoms with van der Waals surface area (Å²) in [6.45, 7) is 2.85. The second kappa shape index (κ2) is 7.81. The second-order valence-electron chi connectivity index (χ2n) is 4.15. The van der Waals surface area contributed by atoms with Gasteiger partial charge in [-0.25, -0.2) is 0 Å². The van der Waals surface area contributed by atoms with E-state index in [4.69, 9.17) is 33.0 Å². The average molecular weight is 295 g/mol. The third kappa shape index (κ3) is 5.89. The van der Waals surface area contributed by atoms with Crippen LogP contribution in [0, 0.1) is 0 Å². The number of quaternary nitrogens is 1. The Labute approximate surface area is 116 Å². The molecule has 0 aliphatic heterocycles. The van der Waals surface area contributed by atoms with Gasteiger partial charge in [0.05, 0.1) is 11.1 Å². The normalized spacial score (nSPS) is 14.3. The molecule has 0 aliphatic carbocycles. The zero-order valence-corrected chi connectivity index (χ0v) is 11.7. The van der Waals surface area contributed by atoms with Gasteiger partial charge in [-0.05, 0) is 19.1 Å². The van der Waals surface area contributed by atoms with Crippen LogP contribution < -0.4 is 10.1 Å². The molecule has 1 aromatic rings. The largest absolute Gasteiger partial charge is 0.489 e. The lowest BCUT2D eigenvalue weighted by Crippen LogP contribution is -2.88. The highest BCUT2D eigenvalue weighted by Gasteiger charge is 2.10. The van der Waals surface area contributed by atoms with Crippen molar-refractivity contribution in [2.45, 2.75) is 19.1 Å². The highest BCUT2D eigenvalue weighted by atomic mass is 35.5. The SMILES string of the molecule is C[C@@H](O)C[NH2+]C[C@H](O)COc1cc(Cl)ccc1Cl. The summed E-state index contributed by atoms with van der Waals surface area (Å²) in [5.74, 6) is 0.457. The Morgan fingerprint density at radius 3 is 2.67 bits per heavy atom. The number of aliphatic hydroxyl groups is 2. The van der Waals surface area contributed by atoms with E-state index in [9.17, 15) is 5.11 Å². The van der Waals surface area contributed by atoms with Gasteiger partial charge in [-0.15, -0.1) is 0 Å². The number of rotatable bonds is 7. The molecule has 4 N–H and O–H groups in total. The van der Waals surface area contributed by atoms with Gasteiger partial charge in [0.1, 0.15) is 31.5 Å². The molecule has 0 saturated carbocycles. The van der Waals surface area contributed by atoms with E-state index in [0.717, 1.165) is 0 Å². The average Bonchev–Trinajstić information content (AvgIpc) is 2.30. The van der Waals surface area contributed by atoms with Gasteiger partial charge < -0.3 is 20.3 Å². The first kappa shape index (κ1) is 15.5. The van der Waals surface area contributed by atoms with E-state index in [1.54, 1.807) is 25.1 Å². The van der Waals surface area contributed by atoms with Gasteiger partial charge in [-0.3, -0.25) is 0 Å². The molecule has 18 heavy (non-hydrogen) atoms. The maximum absolute atomic E-state index is 9.67. The first-order valence-electron chi connectivity index (χ1n) is 5.74. The molecule has 0 unspecified atom stereocenters. The molecule has 1 aromatic carbocycles. The van der Waals surface area contributed by atoms with Crippen molar-refractivity contribution in [1.29, 1.82) is 0 Å². The molecule has 0 saturated heterocycles. The molecule has 0 amide bonds. The lowest BCUT2D eigenvalue weighted by Gasteiger charge is -2.13. The highest BCUT2D eigenvalue weighted by Crippen LogP contribution is 2.27. The highest BCUT2D eigenvalue weighted by molar-refractivity contribution is 6.34. The second-order valence-corrected chi connectivity index (χ2v) is 4.99. The minimum atomic E-state index is -0.626. The topological polar surface area (TPSA) is 66.3 Å². The standard InChI is InChI=1S/C12H17Cl2NO3/c1-8(16)5-15-6-10(17)7-18-12-4-9(13)2-3-11(12)14/h2-4,8,10,15-17H,5-7H2,1H3/p+1/t8-,10+/m1/s1. The molecule has 0 aromatic heterocycles. The summed E-state index contributed by atoms with van der Waals surface area (Å²) in [6, 6.07) is 4.92. The Morgan fingerprint density at radius 2 is 2.00 bits per heavy atom. The third-order valence-electron chi connectivity index (χ3n) is 2.27. The van der Waals surface area contributed by atoms with Crippen LogP contribution in [0.4, 0.5) is 0 Å². The van der Waals surface area contributed by atoms with Crippen LogP contribution in [0.2, 0.25) is 10.0 Å². The molecule has 2 atom stereocenters. The quantitative estimate of drug-likeness (QED) is 0.693. The van der Waals surface area contributed by atoms with E-state index in [-0.39, 0.29) is 12.7 Å². The smallest absolute Gasteiger partial charge is 0.139 e. The van der Waals surface area contributed by atoms with Gasteiger partial charge in [0, 0.05) is 11.1 Å². The van der Waals surface area contributed by atoms with Crippen molar-refractivity contribution in [3.63, 3.8) is 0 Å². The Morgan fingerprint density at radius 1 is 1.28 bits per heavy atom. The number of aliphatic hydroxyl groups excluding tert-OH is 2. The van der Waals surface area contributed by atoms with E-state index in [0.29, 0.717) is 28.9 Å². The molecular formula is C12H18Cl2NO3+. The van der Waals surface area contributed by atoms with Gasteiger partial charge in [-0.2, -0.15) is 0 Å². The zero-order valence-electron chi connectivity index (χ0n) is 10.1. The van der Waals surface area contributed by atoms with Crippen molar-refractivity contribution in [3.8, 4) is 5.75 Å². The summed E-state index contributed by atoms with van der Waals surface area (Å²) < 4.78 is 5.39. The fourth-order valence-corrected chi connectivity index (χ4v) is 1.71. The number of nitrogens with two attached hydrogens (primary N) is 1. The van der Waals surface area contributed by atoms with Crippen molar-refractivity contribution < 1.29 is 20.3 Å². The van der Waals surface area contributed by atoms with Gasteiger partial charge in [-0.1, -0.05) is 23.2 Å². The predicted octanol–water partition coefficient (Wildman–Crippen LogP) is 0.677. The van der Waals surface area contributed by atoms with E-state index in [1.165, 1.54) is 0 Å². The zero-order chi connectivity index (χ0) is 13.5. The van der Waals surface area contributed by atoms with E-state index >= 15 is 0 Å². The number of hydrogen-bond donors (Lipinski definition) is 3. The number of benzene rings is 1. The Balaban J connectivity index is 2.33. The van der Waals surface area contributed by atoms with Crippen LogP contribution in [0.5, 0.6) is 5.75 Å². The Bertz CT molecular complexity index is 374. The molecule has 1 rings (SSSR count). The van der Waals surface area contributed by atoms with Crippen LogP contribution in [0.15, 0.2) is 18.2 Å². The van der Waals surface area contributed by atoms with Gasteiger partial charge >= 0.3 is 0 Å². The van der Waals surface area contributed by atoms with E-state index in [2.05, 4.69) is 0 Å². The van der Waals surface area contributed by atoms with E-state index < -0.39 is 6.10 Å². The van der Waals surface area contributed by atoms with Crippen molar-refractivity contribution in [1.82, 2.24) is 0 Å². The van der Waals surface area contributed by atoms with Gasteiger partial charge in [0.2, 0.25) is 0 Å². The van der Waals surface area contributed by atoms with Crippen LogP contribution in [-0.4, -0.2) is 42.1 Å². The summed E-state index contributed by atoms with van der Waals surface area (Å²) in [7, 11) is 0. The number of hydrogen-bond acceptors (Lipinski definition) is 3. The third-order valence-corrected chi connectivity index (χ3v) is 2.82. The van der Waals surface area contributed by atoms with Gasteiger partial charge in [0.25, 0.3) is 0 Å². The summed E-state index contributed by atoms with van der Waals surface area (Å²) in [5, 5.41) is 21.6. The van der Waals surface area contributed by atoms with Crippen LogP contribution >= 0.6 is 23.2 Å². The minimum absolute atomic E-state index is 0.135. The molecular weight excluding hydrogens is 277 g/mol. The Hall–Kier alpha value is -0.520. The molecule has 0 aliphatic rings. The monoisotopic (exact) mass is 294 g/mol. The fourth-order valence-electron chi connectivity index (χ4n) is 1.37.